The Labute approximate surface area is 115 Å². The molecule has 1 amide bonds. The maximum atomic E-state index is 12.7. The van der Waals surface area contributed by atoms with Crippen LogP contribution in [0.25, 0.3) is 0 Å². The maximum Gasteiger partial charge on any atom is 0.230 e. The van der Waals surface area contributed by atoms with Crippen LogP contribution in [-0.2, 0) is 16.0 Å². The number of carbonyl (C=O) groups is 1. The predicted molar refractivity (Wildman–Crippen MR) is 75.7 cm³/mol. The average Bonchev–Trinajstić information content (AvgIpc) is 2.36. The molecule has 2 atom stereocenters. The first kappa shape index (κ1) is 14.1. The summed E-state index contributed by atoms with van der Waals surface area (Å²) in [7, 11) is 1.67. The quantitative estimate of drug-likeness (QED) is 0.777. The number of fused-ring (bicyclic) bond motifs is 1. The van der Waals surface area contributed by atoms with Gasteiger partial charge in [-0.05, 0) is 18.1 Å². The molecule has 1 aromatic carbocycles. The number of carbonyl (C=O) groups excluding carboxylic acids is 1. The fraction of sp³-hybridized carbons (Fsp3) is 0.562. The second-order valence-corrected chi connectivity index (χ2v) is 6.23. The van der Waals surface area contributed by atoms with Crippen LogP contribution in [0.5, 0.6) is 0 Å². The summed E-state index contributed by atoms with van der Waals surface area (Å²) in [5, 5.41) is 0. The highest BCUT2D eigenvalue weighted by atomic mass is 16.5. The molecule has 0 spiro atoms. The number of methoxy groups -OCH3 is 1. The van der Waals surface area contributed by atoms with Gasteiger partial charge in [-0.2, -0.15) is 0 Å². The van der Waals surface area contributed by atoms with Gasteiger partial charge in [-0.1, -0.05) is 45.0 Å². The van der Waals surface area contributed by atoms with E-state index in [0.717, 1.165) is 6.42 Å². The van der Waals surface area contributed by atoms with Crippen molar-refractivity contribution in [1.82, 2.24) is 4.90 Å². The lowest BCUT2D eigenvalue weighted by molar-refractivity contribution is -0.158. The molecular weight excluding hydrogens is 238 g/mol. The summed E-state index contributed by atoms with van der Waals surface area (Å²) in [5.41, 5.74) is 2.12. The molecule has 0 bridgehead atoms. The third kappa shape index (κ3) is 2.52. The Balaban J connectivity index is 2.41. The minimum atomic E-state index is -0.392. The molecule has 1 aromatic rings. The van der Waals surface area contributed by atoms with Crippen LogP contribution < -0.4 is 0 Å². The molecule has 1 heterocycles. The Morgan fingerprint density at radius 3 is 2.53 bits per heavy atom. The molecule has 19 heavy (non-hydrogen) atoms. The second kappa shape index (κ2) is 4.97. The third-order valence-corrected chi connectivity index (χ3v) is 3.78. The summed E-state index contributed by atoms with van der Waals surface area (Å²) >= 11 is 0. The maximum absolute atomic E-state index is 12.7. The Morgan fingerprint density at radius 2 is 1.95 bits per heavy atom. The van der Waals surface area contributed by atoms with Crippen molar-refractivity contribution in [2.45, 2.75) is 46.4 Å². The number of rotatable bonds is 1. The smallest absolute Gasteiger partial charge is 0.230 e. The second-order valence-electron chi connectivity index (χ2n) is 6.23. The highest BCUT2D eigenvalue weighted by Crippen LogP contribution is 2.35. The van der Waals surface area contributed by atoms with Crippen LogP contribution in [-0.4, -0.2) is 24.1 Å². The molecule has 104 valence electrons. The van der Waals surface area contributed by atoms with Crippen molar-refractivity contribution in [3.05, 3.63) is 35.4 Å². The molecule has 2 unspecified atom stereocenters. The van der Waals surface area contributed by atoms with E-state index < -0.39 is 5.41 Å². The molecular formula is C16H23NO2. The van der Waals surface area contributed by atoms with Gasteiger partial charge in [0.05, 0.1) is 6.04 Å². The van der Waals surface area contributed by atoms with Crippen LogP contribution in [0.1, 0.15) is 44.9 Å². The standard InChI is InChI=1S/C16H23NO2/c1-11-13-9-7-6-8-12(13)10-14(19-5)17(11)15(18)16(2,3)4/h6-9,11,14H,10H2,1-5H3. The van der Waals surface area contributed by atoms with Crippen molar-refractivity contribution in [2.75, 3.05) is 7.11 Å². The topological polar surface area (TPSA) is 29.5 Å². The highest BCUT2D eigenvalue weighted by Gasteiger charge is 2.39. The van der Waals surface area contributed by atoms with Gasteiger partial charge in [0, 0.05) is 18.9 Å². The molecule has 0 aliphatic carbocycles. The molecule has 0 N–H and O–H groups in total. The summed E-state index contributed by atoms with van der Waals surface area (Å²) in [4.78, 5) is 14.5. The normalized spacial score (nSPS) is 23.1. The van der Waals surface area contributed by atoms with Crippen molar-refractivity contribution < 1.29 is 9.53 Å². The van der Waals surface area contributed by atoms with E-state index in [4.69, 9.17) is 4.74 Å². The highest BCUT2D eigenvalue weighted by molar-refractivity contribution is 5.82. The van der Waals surface area contributed by atoms with Crippen LogP contribution in [0.2, 0.25) is 0 Å². The van der Waals surface area contributed by atoms with Crippen molar-refractivity contribution >= 4 is 5.91 Å². The monoisotopic (exact) mass is 261 g/mol. The third-order valence-electron chi connectivity index (χ3n) is 3.78. The molecule has 2 rings (SSSR count). The van der Waals surface area contributed by atoms with E-state index >= 15 is 0 Å². The SMILES string of the molecule is COC1Cc2ccccc2C(C)N1C(=O)C(C)(C)C. The number of hydrogen-bond donors (Lipinski definition) is 0. The van der Waals surface area contributed by atoms with E-state index in [9.17, 15) is 4.79 Å². The van der Waals surface area contributed by atoms with Gasteiger partial charge >= 0.3 is 0 Å². The lowest BCUT2D eigenvalue weighted by atomic mass is 9.88. The molecule has 0 radical (unpaired) electrons. The van der Waals surface area contributed by atoms with E-state index in [1.807, 2.05) is 37.8 Å². The van der Waals surface area contributed by atoms with E-state index in [0.29, 0.717) is 0 Å². The number of benzene rings is 1. The lowest BCUT2D eigenvalue weighted by Gasteiger charge is -2.43. The first-order chi connectivity index (χ1) is 8.86. The van der Waals surface area contributed by atoms with Crippen LogP contribution in [0.4, 0.5) is 0 Å². The zero-order chi connectivity index (χ0) is 14.2. The lowest BCUT2D eigenvalue weighted by Crippen LogP contribution is -2.51. The van der Waals surface area contributed by atoms with Gasteiger partial charge in [-0.3, -0.25) is 4.79 Å². The zero-order valence-corrected chi connectivity index (χ0v) is 12.4. The molecule has 0 saturated heterocycles. The average molecular weight is 261 g/mol. The fourth-order valence-corrected chi connectivity index (χ4v) is 2.70. The summed E-state index contributed by atoms with van der Waals surface area (Å²) in [6.07, 6.45) is 0.593. The van der Waals surface area contributed by atoms with E-state index in [2.05, 4.69) is 19.1 Å². The van der Waals surface area contributed by atoms with E-state index in [1.165, 1.54) is 11.1 Å². The van der Waals surface area contributed by atoms with Gasteiger partial charge in [0.15, 0.2) is 0 Å². The Morgan fingerprint density at radius 1 is 1.32 bits per heavy atom. The zero-order valence-electron chi connectivity index (χ0n) is 12.4. The molecule has 1 aliphatic heterocycles. The van der Waals surface area contributed by atoms with Crippen LogP contribution in [0.3, 0.4) is 0 Å². The van der Waals surface area contributed by atoms with Crippen LogP contribution in [0.15, 0.2) is 24.3 Å². The number of ether oxygens (including phenoxy) is 1. The predicted octanol–water partition coefficient (Wildman–Crippen LogP) is 3.15. The van der Waals surface area contributed by atoms with Gasteiger partial charge in [0.25, 0.3) is 0 Å². The van der Waals surface area contributed by atoms with Gasteiger partial charge in [-0.25, -0.2) is 0 Å². The van der Waals surface area contributed by atoms with Crippen LogP contribution >= 0.6 is 0 Å². The fourth-order valence-electron chi connectivity index (χ4n) is 2.70. The first-order valence-corrected chi connectivity index (χ1v) is 6.79. The molecule has 0 fully saturated rings. The first-order valence-electron chi connectivity index (χ1n) is 6.79. The number of hydrogen-bond acceptors (Lipinski definition) is 2. The summed E-state index contributed by atoms with van der Waals surface area (Å²) in [6.45, 7) is 7.94. The van der Waals surface area contributed by atoms with Crippen molar-refractivity contribution in [1.29, 1.82) is 0 Å². The van der Waals surface area contributed by atoms with Gasteiger partial charge in [-0.15, -0.1) is 0 Å². The summed E-state index contributed by atoms with van der Waals surface area (Å²) in [6, 6.07) is 8.36. The van der Waals surface area contributed by atoms with Gasteiger partial charge < -0.3 is 9.64 Å². The largest absolute Gasteiger partial charge is 0.361 e. The molecule has 3 nitrogen and oxygen atoms in total. The molecule has 3 heteroatoms. The molecule has 0 aromatic heterocycles. The minimum absolute atomic E-state index is 0.0571. The molecule has 0 saturated carbocycles. The summed E-state index contributed by atoms with van der Waals surface area (Å²) in [5.74, 6) is 0.140. The number of amides is 1. The number of nitrogens with zero attached hydrogens (tertiary/aromatic N) is 1. The van der Waals surface area contributed by atoms with Crippen molar-refractivity contribution in [3.8, 4) is 0 Å². The summed E-state index contributed by atoms with van der Waals surface area (Å²) < 4.78 is 5.55. The molecule has 1 aliphatic rings. The Kier molecular flexibility index (Phi) is 3.68. The Hall–Kier alpha value is -1.35. The van der Waals surface area contributed by atoms with Gasteiger partial charge in [0.1, 0.15) is 6.23 Å². The van der Waals surface area contributed by atoms with Crippen LogP contribution in [0, 0.1) is 5.41 Å². The van der Waals surface area contributed by atoms with Gasteiger partial charge in [0.2, 0.25) is 5.91 Å². The van der Waals surface area contributed by atoms with Crippen molar-refractivity contribution in [2.24, 2.45) is 5.41 Å². The minimum Gasteiger partial charge on any atom is -0.361 e. The van der Waals surface area contributed by atoms with E-state index in [1.54, 1.807) is 7.11 Å². The van der Waals surface area contributed by atoms with E-state index in [-0.39, 0.29) is 18.2 Å². The van der Waals surface area contributed by atoms with Crippen molar-refractivity contribution in [3.63, 3.8) is 0 Å². The Bertz CT molecular complexity index is 476.